The second-order valence-electron chi connectivity index (χ2n) is 2.93. The SMILES string of the molecule is CC[C@@H](N)C(=O)N[C@@H](CCO)C(=O)O. The second kappa shape index (κ2) is 6.33. The van der Waals surface area contributed by atoms with Crippen LogP contribution in [0.4, 0.5) is 0 Å². The fourth-order valence-corrected chi connectivity index (χ4v) is 0.851. The summed E-state index contributed by atoms with van der Waals surface area (Å²) in [6.07, 6.45) is 0.425. The molecule has 0 aliphatic carbocycles. The Hall–Kier alpha value is -1.14. The largest absolute Gasteiger partial charge is 0.480 e. The summed E-state index contributed by atoms with van der Waals surface area (Å²) in [4.78, 5) is 21.8. The summed E-state index contributed by atoms with van der Waals surface area (Å²) in [6.45, 7) is 1.44. The van der Waals surface area contributed by atoms with Gasteiger partial charge in [0.15, 0.2) is 0 Å². The molecular weight excluding hydrogens is 188 g/mol. The van der Waals surface area contributed by atoms with Crippen molar-refractivity contribution in [3.63, 3.8) is 0 Å². The lowest BCUT2D eigenvalue weighted by atomic mass is 10.1. The number of hydrogen-bond donors (Lipinski definition) is 4. The monoisotopic (exact) mass is 204 g/mol. The Morgan fingerprint density at radius 3 is 2.43 bits per heavy atom. The minimum atomic E-state index is -1.17. The zero-order chi connectivity index (χ0) is 11.1. The molecule has 0 rings (SSSR count). The van der Waals surface area contributed by atoms with Crippen molar-refractivity contribution in [1.82, 2.24) is 5.32 Å². The van der Waals surface area contributed by atoms with Gasteiger partial charge in [0.25, 0.3) is 0 Å². The van der Waals surface area contributed by atoms with E-state index >= 15 is 0 Å². The van der Waals surface area contributed by atoms with E-state index in [-0.39, 0.29) is 13.0 Å². The minimum absolute atomic E-state index is 0.0164. The zero-order valence-electron chi connectivity index (χ0n) is 8.06. The standard InChI is InChI=1S/C8H16N2O4/c1-2-5(9)7(12)10-6(3-4-11)8(13)14/h5-6,11H,2-4,9H2,1H3,(H,10,12)(H,13,14)/t5-,6+/m1/s1. The molecule has 0 aliphatic rings. The van der Waals surface area contributed by atoms with E-state index < -0.39 is 24.0 Å². The third-order valence-corrected chi connectivity index (χ3v) is 1.81. The van der Waals surface area contributed by atoms with Crippen molar-refractivity contribution in [2.75, 3.05) is 6.61 Å². The molecule has 14 heavy (non-hydrogen) atoms. The molecule has 0 saturated carbocycles. The molecule has 0 aromatic rings. The summed E-state index contributed by atoms with van der Waals surface area (Å²) in [7, 11) is 0. The lowest BCUT2D eigenvalue weighted by molar-refractivity contribution is -0.142. The number of rotatable bonds is 6. The first-order valence-corrected chi connectivity index (χ1v) is 4.42. The van der Waals surface area contributed by atoms with E-state index in [0.29, 0.717) is 6.42 Å². The summed E-state index contributed by atoms with van der Waals surface area (Å²) < 4.78 is 0. The number of aliphatic hydroxyl groups is 1. The predicted molar refractivity (Wildman–Crippen MR) is 49.5 cm³/mol. The van der Waals surface area contributed by atoms with Crippen molar-refractivity contribution in [3.05, 3.63) is 0 Å². The van der Waals surface area contributed by atoms with Crippen molar-refractivity contribution in [2.24, 2.45) is 5.73 Å². The molecular formula is C8H16N2O4. The highest BCUT2D eigenvalue weighted by molar-refractivity contribution is 5.86. The smallest absolute Gasteiger partial charge is 0.326 e. The van der Waals surface area contributed by atoms with Crippen LogP contribution in [0.3, 0.4) is 0 Å². The molecule has 6 nitrogen and oxygen atoms in total. The van der Waals surface area contributed by atoms with Gasteiger partial charge in [-0.05, 0) is 6.42 Å². The third kappa shape index (κ3) is 4.20. The van der Waals surface area contributed by atoms with Crippen LogP contribution in [0.15, 0.2) is 0 Å². The fourth-order valence-electron chi connectivity index (χ4n) is 0.851. The van der Waals surface area contributed by atoms with Crippen LogP contribution in [0.25, 0.3) is 0 Å². The van der Waals surface area contributed by atoms with E-state index in [2.05, 4.69) is 5.32 Å². The van der Waals surface area contributed by atoms with E-state index in [1.54, 1.807) is 6.92 Å². The Morgan fingerprint density at radius 2 is 2.07 bits per heavy atom. The number of carbonyl (C=O) groups excluding carboxylic acids is 1. The summed E-state index contributed by atoms with van der Waals surface area (Å²) >= 11 is 0. The molecule has 6 heteroatoms. The van der Waals surface area contributed by atoms with Gasteiger partial charge >= 0.3 is 5.97 Å². The molecule has 0 heterocycles. The lowest BCUT2D eigenvalue weighted by Gasteiger charge is -2.15. The van der Waals surface area contributed by atoms with Crippen molar-refractivity contribution in [3.8, 4) is 0 Å². The molecule has 0 radical (unpaired) electrons. The van der Waals surface area contributed by atoms with Crippen LogP contribution in [0.1, 0.15) is 19.8 Å². The summed E-state index contributed by atoms with van der Waals surface area (Å²) in [6, 6.07) is -1.76. The lowest BCUT2D eigenvalue weighted by Crippen LogP contribution is -2.48. The molecule has 5 N–H and O–H groups in total. The van der Waals surface area contributed by atoms with Crippen LogP contribution in [0.2, 0.25) is 0 Å². The van der Waals surface area contributed by atoms with Gasteiger partial charge < -0.3 is 21.3 Å². The quantitative estimate of drug-likeness (QED) is 0.428. The molecule has 0 aromatic heterocycles. The van der Waals surface area contributed by atoms with Crippen LogP contribution in [-0.2, 0) is 9.59 Å². The summed E-state index contributed by atoms with van der Waals surface area (Å²) in [5.74, 6) is -1.68. The van der Waals surface area contributed by atoms with Crippen molar-refractivity contribution in [2.45, 2.75) is 31.8 Å². The van der Waals surface area contributed by atoms with Gasteiger partial charge in [0.2, 0.25) is 5.91 Å². The van der Waals surface area contributed by atoms with Crippen molar-refractivity contribution < 1.29 is 19.8 Å². The number of carboxylic acids is 1. The molecule has 0 saturated heterocycles. The van der Waals surface area contributed by atoms with Gasteiger partial charge in [-0.3, -0.25) is 4.79 Å². The number of carbonyl (C=O) groups is 2. The molecule has 2 atom stereocenters. The van der Waals surface area contributed by atoms with Crippen LogP contribution >= 0.6 is 0 Å². The highest BCUT2D eigenvalue weighted by atomic mass is 16.4. The average molecular weight is 204 g/mol. The molecule has 0 fully saturated rings. The maximum atomic E-state index is 11.2. The third-order valence-electron chi connectivity index (χ3n) is 1.81. The van der Waals surface area contributed by atoms with Gasteiger partial charge in [-0.25, -0.2) is 4.79 Å². The zero-order valence-corrected chi connectivity index (χ0v) is 8.06. The molecule has 0 aromatic carbocycles. The number of hydrogen-bond acceptors (Lipinski definition) is 4. The van der Waals surface area contributed by atoms with Crippen molar-refractivity contribution >= 4 is 11.9 Å². The van der Waals surface area contributed by atoms with Crippen LogP contribution in [0.5, 0.6) is 0 Å². The number of carboxylic acid groups (broad SMARTS) is 1. The molecule has 1 amide bonds. The Labute approximate surface area is 82.1 Å². The highest BCUT2D eigenvalue weighted by Crippen LogP contribution is 1.94. The first kappa shape index (κ1) is 12.9. The van der Waals surface area contributed by atoms with E-state index in [1.807, 2.05) is 0 Å². The molecule has 0 unspecified atom stereocenters. The van der Waals surface area contributed by atoms with E-state index in [9.17, 15) is 9.59 Å². The van der Waals surface area contributed by atoms with Gasteiger partial charge in [0, 0.05) is 13.0 Å². The predicted octanol–water partition coefficient (Wildman–Crippen LogP) is -1.32. The Balaban J connectivity index is 4.15. The van der Waals surface area contributed by atoms with E-state index in [4.69, 9.17) is 15.9 Å². The van der Waals surface area contributed by atoms with E-state index in [1.165, 1.54) is 0 Å². The topological polar surface area (TPSA) is 113 Å². The summed E-state index contributed by atoms with van der Waals surface area (Å²) in [5, 5.41) is 19.4. The Morgan fingerprint density at radius 1 is 1.50 bits per heavy atom. The van der Waals surface area contributed by atoms with Gasteiger partial charge in [-0.2, -0.15) is 0 Å². The number of nitrogens with one attached hydrogen (secondary N) is 1. The maximum absolute atomic E-state index is 11.2. The van der Waals surface area contributed by atoms with Gasteiger partial charge in [-0.15, -0.1) is 0 Å². The molecule has 0 bridgehead atoms. The second-order valence-corrected chi connectivity index (χ2v) is 2.93. The normalized spacial score (nSPS) is 14.5. The number of aliphatic carboxylic acids is 1. The minimum Gasteiger partial charge on any atom is -0.480 e. The summed E-state index contributed by atoms with van der Waals surface area (Å²) in [5.41, 5.74) is 5.39. The fraction of sp³-hybridized carbons (Fsp3) is 0.750. The van der Waals surface area contributed by atoms with E-state index in [0.717, 1.165) is 0 Å². The number of nitrogens with two attached hydrogens (primary N) is 1. The average Bonchev–Trinajstić information content (AvgIpc) is 2.15. The first-order chi connectivity index (χ1) is 6.52. The van der Waals surface area contributed by atoms with Crippen molar-refractivity contribution in [1.29, 1.82) is 0 Å². The Bertz CT molecular complexity index is 208. The highest BCUT2D eigenvalue weighted by Gasteiger charge is 2.21. The first-order valence-electron chi connectivity index (χ1n) is 4.42. The Kier molecular flexibility index (Phi) is 5.82. The van der Waals surface area contributed by atoms with Gasteiger partial charge in [-0.1, -0.05) is 6.92 Å². The van der Waals surface area contributed by atoms with Crippen LogP contribution in [-0.4, -0.2) is 40.8 Å². The molecule has 0 spiro atoms. The maximum Gasteiger partial charge on any atom is 0.326 e. The van der Waals surface area contributed by atoms with Crippen LogP contribution < -0.4 is 11.1 Å². The van der Waals surface area contributed by atoms with Crippen LogP contribution in [0, 0.1) is 0 Å². The molecule has 82 valence electrons. The number of amides is 1. The van der Waals surface area contributed by atoms with Gasteiger partial charge in [0.1, 0.15) is 6.04 Å². The number of aliphatic hydroxyl groups excluding tert-OH is 1. The molecule has 0 aliphatic heterocycles. The van der Waals surface area contributed by atoms with Gasteiger partial charge in [0.05, 0.1) is 6.04 Å².